The topological polar surface area (TPSA) is 0 Å². The van der Waals surface area contributed by atoms with E-state index in [-0.39, 0.29) is 0 Å². The SMILES string of the molecule is CCCc1ccc(CCc2ccc(C[C@@H](C)c3ccc(CCC)cc3)cc2)cc1. The Morgan fingerprint density at radius 1 is 0.483 bits per heavy atom. The molecule has 3 aromatic carbocycles. The first-order valence-electron chi connectivity index (χ1n) is 11.4. The van der Waals surface area contributed by atoms with Crippen molar-refractivity contribution in [3.8, 4) is 0 Å². The van der Waals surface area contributed by atoms with Gasteiger partial charge in [-0.3, -0.25) is 0 Å². The molecule has 0 spiro atoms. The van der Waals surface area contributed by atoms with Gasteiger partial charge in [-0.1, -0.05) is 106 Å². The Hall–Kier alpha value is -2.34. The van der Waals surface area contributed by atoms with Crippen LogP contribution in [0.25, 0.3) is 0 Å². The molecule has 0 heterocycles. The van der Waals surface area contributed by atoms with Crippen LogP contribution in [0.5, 0.6) is 0 Å². The Labute approximate surface area is 178 Å². The molecule has 3 aromatic rings. The third-order valence-electron chi connectivity index (χ3n) is 5.92. The van der Waals surface area contributed by atoms with Crippen molar-refractivity contribution in [3.05, 3.63) is 106 Å². The van der Waals surface area contributed by atoms with Crippen LogP contribution in [0.4, 0.5) is 0 Å². The van der Waals surface area contributed by atoms with Gasteiger partial charge in [-0.05, 0) is 71.4 Å². The Balaban J connectivity index is 1.51. The highest BCUT2D eigenvalue weighted by atomic mass is 14.1. The smallest absolute Gasteiger partial charge is 0.0150 e. The van der Waals surface area contributed by atoms with Crippen LogP contribution in [0.2, 0.25) is 0 Å². The van der Waals surface area contributed by atoms with Crippen molar-refractivity contribution in [1.82, 2.24) is 0 Å². The zero-order valence-electron chi connectivity index (χ0n) is 18.5. The van der Waals surface area contributed by atoms with Gasteiger partial charge >= 0.3 is 0 Å². The van der Waals surface area contributed by atoms with Crippen LogP contribution >= 0.6 is 0 Å². The van der Waals surface area contributed by atoms with E-state index in [9.17, 15) is 0 Å². The summed E-state index contributed by atoms with van der Waals surface area (Å²) in [7, 11) is 0. The third-order valence-corrected chi connectivity index (χ3v) is 5.92. The lowest BCUT2D eigenvalue weighted by Gasteiger charge is -2.13. The second-order valence-electron chi connectivity index (χ2n) is 8.48. The van der Waals surface area contributed by atoms with Crippen LogP contribution in [0.3, 0.4) is 0 Å². The molecular weight excluding hydrogens is 348 g/mol. The van der Waals surface area contributed by atoms with Crippen LogP contribution in [0, 0.1) is 0 Å². The minimum atomic E-state index is 0.554. The predicted octanol–water partition coefficient (Wildman–Crippen LogP) is 7.72. The van der Waals surface area contributed by atoms with Crippen LogP contribution in [0.1, 0.15) is 72.9 Å². The van der Waals surface area contributed by atoms with E-state index in [4.69, 9.17) is 0 Å². The molecule has 0 fully saturated rings. The molecule has 0 aliphatic heterocycles. The zero-order valence-corrected chi connectivity index (χ0v) is 18.5. The fourth-order valence-electron chi connectivity index (χ4n) is 4.06. The van der Waals surface area contributed by atoms with E-state index in [2.05, 4.69) is 93.6 Å². The first-order chi connectivity index (χ1) is 14.2. The summed E-state index contributed by atoms with van der Waals surface area (Å²) in [4.78, 5) is 0. The lowest BCUT2D eigenvalue weighted by Crippen LogP contribution is -1.99. The standard InChI is InChI=1S/C29H36/c1-4-6-24-8-10-26(11-9-24)12-13-27-14-16-28(17-15-27)22-23(3)29-20-18-25(7-5-2)19-21-29/h8-11,14-21,23H,4-7,12-13,22H2,1-3H3/t23-/m1/s1. The minimum absolute atomic E-state index is 0.554. The molecule has 0 unspecified atom stereocenters. The number of hydrogen-bond acceptors (Lipinski definition) is 0. The van der Waals surface area contributed by atoms with Crippen molar-refractivity contribution in [2.75, 3.05) is 0 Å². The Morgan fingerprint density at radius 2 is 0.828 bits per heavy atom. The summed E-state index contributed by atoms with van der Waals surface area (Å²) < 4.78 is 0. The monoisotopic (exact) mass is 384 g/mol. The van der Waals surface area contributed by atoms with E-state index >= 15 is 0 Å². The van der Waals surface area contributed by atoms with Gasteiger partial charge in [-0.25, -0.2) is 0 Å². The average Bonchev–Trinajstić information content (AvgIpc) is 2.75. The number of benzene rings is 3. The lowest BCUT2D eigenvalue weighted by molar-refractivity contribution is 0.757. The molecule has 152 valence electrons. The molecule has 0 aromatic heterocycles. The summed E-state index contributed by atoms with van der Waals surface area (Å²) in [6.45, 7) is 6.82. The van der Waals surface area contributed by atoms with Gasteiger partial charge in [0, 0.05) is 0 Å². The van der Waals surface area contributed by atoms with Crippen molar-refractivity contribution < 1.29 is 0 Å². The second kappa shape index (κ2) is 11.0. The van der Waals surface area contributed by atoms with Gasteiger partial charge in [0.05, 0.1) is 0 Å². The summed E-state index contributed by atoms with van der Waals surface area (Å²) >= 11 is 0. The summed E-state index contributed by atoms with van der Waals surface area (Å²) in [6.07, 6.45) is 8.13. The maximum absolute atomic E-state index is 2.34. The molecule has 0 heteroatoms. The first-order valence-corrected chi connectivity index (χ1v) is 11.4. The van der Waals surface area contributed by atoms with Crippen molar-refractivity contribution in [2.24, 2.45) is 0 Å². The van der Waals surface area contributed by atoms with Gasteiger partial charge in [0.2, 0.25) is 0 Å². The number of rotatable bonds is 10. The molecule has 0 bridgehead atoms. The first kappa shape index (κ1) is 21.4. The molecule has 29 heavy (non-hydrogen) atoms. The van der Waals surface area contributed by atoms with Gasteiger partial charge in [-0.2, -0.15) is 0 Å². The highest BCUT2D eigenvalue weighted by Crippen LogP contribution is 2.22. The minimum Gasteiger partial charge on any atom is -0.0651 e. The van der Waals surface area contributed by atoms with Gasteiger partial charge in [0.15, 0.2) is 0 Å². The number of hydrogen-bond donors (Lipinski definition) is 0. The molecular formula is C29H36. The van der Waals surface area contributed by atoms with Crippen LogP contribution in [-0.4, -0.2) is 0 Å². The molecule has 0 saturated heterocycles. The van der Waals surface area contributed by atoms with E-state index in [1.54, 1.807) is 0 Å². The van der Waals surface area contributed by atoms with Crippen LogP contribution in [-0.2, 0) is 32.1 Å². The van der Waals surface area contributed by atoms with Gasteiger partial charge < -0.3 is 0 Å². The molecule has 0 radical (unpaired) electrons. The van der Waals surface area contributed by atoms with E-state index in [1.807, 2.05) is 0 Å². The van der Waals surface area contributed by atoms with Gasteiger partial charge in [0.1, 0.15) is 0 Å². The largest absolute Gasteiger partial charge is 0.0651 e. The predicted molar refractivity (Wildman–Crippen MR) is 127 cm³/mol. The highest BCUT2D eigenvalue weighted by Gasteiger charge is 2.07. The van der Waals surface area contributed by atoms with Gasteiger partial charge in [-0.15, -0.1) is 0 Å². The van der Waals surface area contributed by atoms with Crippen molar-refractivity contribution >= 4 is 0 Å². The molecule has 1 atom stereocenters. The molecule has 0 aliphatic rings. The third kappa shape index (κ3) is 6.60. The van der Waals surface area contributed by atoms with Crippen LogP contribution < -0.4 is 0 Å². The average molecular weight is 385 g/mol. The number of aryl methyl sites for hydroxylation is 4. The second-order valence-corrected chi connectivity index (χ2v) is 8.48. The zero-order chi connectivity index (χ0) is 20.5. The maximum atomic E-state index is 2.34. The van der Waals surface area contributed by atoms with E-state index in [0.717, 1.165) is 19.3 Å². The highest BCUT2D eigenvalue weighted by molar-refractivity contribution is 5.30. The van der Waals surface area contributed by atoms with E-state index < -0.39 is 0 Å². The van der Waals surface area contributed by atoms with E-state index in [0.29, 0.717) is 5.92 Å². The fourth-order valence-corrected chi connectivity index (χ4v) is 4.06. The maximum Gasteiger partial charge on any atom is -0.0150 e. The Bertz CT molecular complexity index is 838. The van der Waals surface area contributed by atoms with Gasteiger partial charge in [0.25, 0.3) is 0 Å². The van der Waals surface area contributed by atoms with Crippen LogP contribution in [0.15, 0.2) is 72.8 Å². The quantitative estimate of drug-likeness (QED) is 0.335. The Morgan fingerprint density at radius 3 is 1.24 bits per heavy atom. The summed E-state index contributed by atoms with van der Waals surface area (Å²) in [5.41, 5.74) is 8.66. The molecule has 0 nitrogen and oxygen atoms in total. The van der Waals surface area contributed by atoms with Crippen molar-refractivity contribution in [3.63, 3.8) is 0 Å². The fraction of sp³-hybridized carbons (Fsp3) is 0.379. The molecule has 0 amide bonds. The molecule has 3 rings (SSSR count). The summed E-state index contributed by atoms with van der Waals surface area (Å²) in [5, 5.41) is 0. The molecule has 0 N–H and O–H groups in total. The van der Waals surface area contributed by atoms with E-state index in [1.165, 1.54) is 59.1 Å². The molecule has 0 saturated carbocycles. The Kier molecular flexibility index (Phi) is 8.11. The summed E-state index contributed by atoms with van der Waals surface area (Å²) in [6, 6.07) is 27.7. The summed E-state index contributed by atoms with van der Waals surface area (Å²) in [5.74, 6) is 0.554. The molecule has 0 aliphatic carbocycles. The lowest BCUT2D eigenvalue weighted by atomic mass is 9.92. The van der Waals surface area contributed by atoms with Crippen molar-refractivity contribution in [2.45, 2.75) is 71.6 Å². The van der Waals surface area contributed by atoms with Crippen molar-refractivity contribution in [1.29, 1.82) is 0 Å². The normalized spacial score (nSPS) is 12.1.